The summed E-state index contributed by atoms with van der Waals surface area (Å²) in [5.74, 6) is 1.82. The summed E-state index contributed by atoms with van der Waals surface area (Å²) in [5.41, 5.74) is 0. The monoisotopic (exact) mass is 268 g/mol. The third-order valence-corrected chi connectivity index (χ3v) is 5.04. The lowest BCUT2D eigenvalue weighted by molar-refractivity contribution is -0.933. The molecule has 0 aromatic rings. The highest BCUT2D eigenvalue weighted by Crippen LogP contribution is 2.23. The maximum atomic E-state index is 2.48. The van der Waals surface area contributed by atoms with Crippen LogP contribution in [0.1, 0.15) is 79.1 Å². The molecule has 0 aromatic heterocycles. The number of nitrogens with zero attached hydrogens (tertiary/aromatic N) is 1. The first-order valence-corrected chi connectivity index (χ1v) is 8.93. The third-order valence-electron chi connectivity index (χ3n) is 5.04. The second kappa shape index (κ2) is 9.00. The van der Waals surface area contributed by atoms with E-state index in [1.807, 2.05) is 0 Å². The van der Waals surface area contributed by atoms with Crippen molar-refractivity contribution in [3.05, 3.63) is 0 Å². The molecule has 1 rings (SSSR count). The summed E-state index contributed by atoms with van der Waals surface area (Å²) in [7, 11) is 0. The van der Waals surface area contributed by atoms with E-state index in [4.69, 9.17) is 0 Å². The molecule has 1 saturated heterocycles. The Hall–Kier alpha value is -0.0400. The van der Waals surface area contributed by atoms with Crippen LogP contribution >= 0.6 is 0 Å². The molecule has 1 heterocycles. The minimum absolute atomic E-state index is 0.882. The minimum Gasteiger partial charge on any atom is -0.324 e. The Morgan fingerprint density at radius 3 is 2.11 bits per heavy atom. The van der Waals surface area contributed by atoms with Crippen LogP contribution < -0.4 is 0 Å². The van der Waals surface area contributed by atoms with Crippen molar-refractivity contribution in [3.8, 4) is 0 Å². The standard InChI is InChI=1S/C18H38N/c1-5-13-19(14-7-6-8-15-19)16-12-18(4)11-9-10-17(2)3/h17-18H,5-16H2,1-4H3/q+1. The highest BCUT2D eigenvalue weighted by molar-refractivity contribution is 4.59. The van der Waals surface area contributed by atoms with Gasteiger partial charge in [0.05, 0.1) is 26.2 Å². The van der Waals surface area contributed by atoms with Crippen LogP contribution in [-0.4, -0.2) is 30.7 Å². The van der Waals surface area contributed by atoms with Crippen LogP contribution in [0.25, 0.3) is 0 Å². The van der Waals surface area contributed by atoms with E-state index in [0.29, 0.717) is 0 Å². The second-order valence-electron chi connectivity index (χ2n) is 7.52. The molecule has 0 aromatic carbocycles. The molecule has 0 radical (unpaired) electrons. The lowest BCUT2D eigenvalue weighted by atomic mass is 9.96. The molecule has 1 aliphatic heterocycles. The van der Waals surface area contributed by atoms with Gasteiger partial charge in [0, 0.05) is 0 Å². The van der Waals surface area contributed by atoms with Crippen LogP contribution in [0.3, 0.4) is 0 Å². The van der Waals surface area contributed by atoms with E-state index in [1.54, 1.807) is 0 Å². The summed E-state index contributed by atoms with van der Waals surface area (Å²) in [6.45, 7) is 15.3. The Balaban J connectivity index is 2.26. The molecule has 114 valence electrons. The first kappa shape index (κ1) is 17.0. The average molecular weight is 269 g/mol. The topological polar surface area (TPSA) is 0 Å². The van der Waals surface area contributed by atoms with Gasteiger partial charge in [0.25, 0.3) is 0 Å². The number of rotatable bonds is 9. The molecule has 0 spiro atoms. The largest absolute Gasteiger partial charge is 0.324 e. The molecule has 0 amide bonds. The SMILES string of the molecule is CCC[N+]1(CCC(C)CCCC(C)C)CCCCC1. The van der Waals surface area contributed by atoms with Gasteiger partial charge < -0.3 is 4.48 Å². The summed E-state index contributed by atoms with van der Waals surface area (Å²) in [6.07, 6.45) is 11.5. The van der Waals surface area contributed by atoms with E-state index in [1.165, 1.54) is 82.0 Å². The van der Waals surface area contributed by atoms with Gasteiger partial charge in [0.15, 0.2) is 0 Å². The van der Waals surface area contributed by atoms with E-state index in [0.717, 1.165) is 11.8 Å². The van der Waals surface area contributed by atoms with Crippen molar-refractivity contribution in [3.63, 3.8) is 0 Å². The van der Waals surface area contributed by atoms with E-state index < -0.39 is 0 Å². The summed E-state index contributed by atoms with van der Waals surface area (Å²) in [5, 5.41) is 0. The quantitative estimate of drug-likeness (QED) is 0.501. The van der Waals surface area contributed by atoms with Crippen molar-refractivity contribution in [2.75, 3.05) is 26.2 Å². The molecule has 0 bridgehead atoms. The van der Waals surface area contributed by atoms with Crippen LogP contribution in [-0.2, 0) is 0 Å². The maximum absolute atomic E-state index is 2.48. The van der Waals surface area contributed by atoms with Gasteiger partial charge in [-0.3, -0.25) is 0 Å². The van der Waals surface area contributed by atoms with Gasteiger partial charge >= 0.3 is 0 Å². The second-order valence-corrected chi connectivity index (χ2v) is 7.52. The van der Waals surface area contributed by atoms with Crippen molar-refractivity contribution >= 4 is 0 Å². The number of piperidine rings is 1. The molecule has 1 atom stereocenters. The zero-order valence-electron chi connectivity index (χ0n) is 14.1. The molecule has 19 heavy (non-hydrogen) atoms. The Kier molecular flexibility index (Phi) is 8.06. The molecule has 0 aliphatic carbocycles. The predicted octanol–water partition coefficient (Wildman–Crippen LogP) is 5.25. The van der Waals surface area contributed by atoms with Crippen LogP contribution in [0.4, 0.5) is 0 Å². The fourth-order valence-electron chi connectivity index (χ4n) is 3.73. The summed E-state index contributed by atoms with van der Waals surface area (Å²) in [4.78, 5) is 0. The van der Waals surface area contributed by atoms with Gasteiger partial charge in [-0.05, 0) is 43.9 Å². The predicted molar refractivity (Wildman–Crippen MR) is 86.3 cm³/mol. The summed E-state index contributed by atoms with van der Waals surface area (Å²) >= 11 is 0. The highest BCUT2D eigenvalue weighted by Gasteiger charge is 2.28. The third kappa shape index (κ3) is 6.79. The fraction of sp³-hybridized carbons (Fsp3) is 1.00. The molecule has 1 fully saturated rings. The van der Waals surface area contributed by atoms with E-state index in [9.17, 15) is 0 Å². The fourth-order valence-corrected chi connectivity index (χ4v) is 3.73. The number of likely N-dealkylation sites (tertiary alicyclic amines) is 1. The van der Waals surface area contributed by atoms with Crippen LogP contribution in [0, 0.1) is 11.8 Å². The van der Waals surface area contributed by atoms with Crippen molar-refractivity contribution in [2.24, 2.45) is 11.8 Å². The molecular weight excluding hydrogens is 230 g/mol. The smallest absolute Gasteiger partial charge is 0.0789 e. The van der Waals surface area contributed by atoms with Gasteiger partial charge in [0.2, 0.25) is 0 Å². The Labute approximate surface area is 122 Å². The van der Waals surface area contributed by atoms with Crippen LogP contribution in [0.2, 0.25) is 0 Å². The van der Waals surface area contributed by atoms with Gasteiger partial charge in [0.1, 0.15) is 0 Å². The first-order valence-electron chi connectivity index (χ1n) is 8.93. The Morgan fingerprint density at radius 1 is 0.842 bits per heavy atom. The van der Waals surface area contributed by atoms with E-state index in [2.05, 4.69) is 27.7 Å². The van der Waals surface area contributed by atoms with Gasteiger partial charge in [-0.1, -0.05) is 47.0 Å². The molecule has 0 N–H and O–H groups in total. The lowest BCUT2D eigenvalue weighted by Gasteiger charge is -2.42. The van der Waals surface area contributed by atoms with Crippen LogP contribution in [0.5, 0.6) is 0 Å². The molecule has 1 heteroatoms. The first-order chi connectivity index (χ1) is 9.08. The summed E-state index contributed by atoms with van der Waals surface area (Å²) < 4.78 is 1.45. The van der Waals surface area contributed by atoms with Crippen molar-refractivity contribution in [1.29, 1.82) is 0 Å². The molecule has 1 unspecified atom stereocenters. The number of hydrogen-bond acceptors (Lipinski definition) is 0. The number of quaternary nitrogens is 1. The van der Waals surface area contributed by atoms with E-state index in [-0.39, 0.29) is 0 Å². The summed E-state index contributed by atoms with van der Waals surface area (Å²) in [6, 6.07) is 0. The van der Waals surface area contributed by atoms with Crippen LogP contribution in [0.15, 0.2) is 0 Å². The Morgan fingerprint density at radius 2 is 1.53 bits per heavy atom. The average Bonchev–Trinajstić information content (AvgIpc) is 2.38. The maximum Gasteiger partial charge on any atom is 0.0789 e. The van der Waals surface area contributed by atoms with Gasteiger partial charge in [-0.15, -0.1) is 0 Å². The van der Waals surface area contributed by atoms with E-state index >= 15 is 0 Å². The molecule has 1 nitrogen and oxygen atoms in total. The van der Waals surface area contributed by atoms with Crippen molar-refractivity contribution in [2.45, 2.75) is 79.1 Å². The normalized spacial score (nSPS) is 20.7. The molecule has 1 aliphatic rings. The minimum atomic E-state index is 0.882. The lowest BCUT2D eigenvalue weighted by Crippen LogP contribution is -2.52. The zero-order chi connectivity index (χ0) is 14.1. The van der Waals surface area contributed by atoms with Crippen molar-refractivity contribution < 1.29 is 4.48 Å². The highest BCUT2D eigenvalue weighted by atomic mass is 15.3. The van der Waals surface area contributed by atoms with Crippen molar-refractivity contribution in [1.82, 2.24) is 0 Å². The zero-order valence-corrected chi connectivity index (χ0v) is 14.1. The molecule has 0 saturated carbocycles. The Bertz CT molecular complexity index is 210. The number of hydrogen-bond donors (Lipinski definition) is 0. The molecular formula is C18H38N+. The van der Waals surface area contributed by atoms with Gasteiger partial charge in [-0.2, -0.15) is 0 Å². The van der Waals surface area contributed by atoms with Gasteiger partial charge in [-0.25, -0.2) is 0 Å².